The summed E-state index contributed by atoms with van der Waals surface area (Å²) < 4.78 is 27.6. The number of anilines is 1. The van der Waals surface area contributed by atoms with Gasteiger partial charge in [0.05, 0.1) is 19.9 Å². The summed E-state index contributed by atoms with van der Waals surface area (Å²) in [6.07, 6.45) is 4.47. The summed E-state index contributed by atoms with van der Waals surface area (Å²) in [5.41, 5.74) is 16.2. The van der Waals surface area contributed by atoms with Crippen molar-refractivity contribution in [2.75, 3.05) is 33.4 Å². The molecular formula is C19H20N2O5. The van der Waals surface area contributed by atoms with Crippen LogP contribution in [0.2, 0.25) is 0 Å². The summed E-state index contributed by atoms with van der Waals surface area (Å²) in [6.45, 7) is 0.524. The van der Waals surface area contributed by atoms with Crippen molar-refractivity contribution in [1.29, 1.82) is 0 Å². The topological polar surface area (TPSA) is 98.2 Å². The number of hydrogen-bond acceptors (Lipinski definition) is 7. The maximum atomic E-state index is 6.44. The summed E-state index contributed by atoms with van der Waals surface area (Å²) in [7, 11) is 3.23. The predicted octanol–water partition coefficient (Wildman–Crippen LogP) is 2.42. The molecule has 2 aliphatic heterocycles. The monoisotopic (exact) mass is 356 g/mol. The third-order valence-corrected chi connectivity index (χ3v) is 4.58. The minimum atomic E-state index is 0.177. The number of fused-ring (bicyclic) bond motifs is 2. The molecule has 0 atom stereocenters. The Balaban J connectivity index is 1.78. The quantitative estimate of drug-likeness (QED) is 0.803. The van der Waals surface area contributed by atoms with Crippen LogP contribution in [0, 0.1) is 0 Å². The molecule has 7 heteroatoms. The highest BCUT2D eigenvalue weighted by atomic mass is 16.7. The molecule has 26 heavy (non-hydrogen) atoms. The second kappa shape index (κ2) is 6.25. The van der Waals surface area contributed by atoms with E-state index in [1.807, 2.05) is 12.2 Å². The molecule has 0 amide bonds. The number of allylic oxidation sites excluding steroid dienone is 3. The van der Waals surface area contributed by atoms with Gasteiger partial charge in [-0.3, -0.25) is 0 Å². The molecule has 4 N–H and O–H groups in total. The lowest BCUT2D eigenvalue weighted by molar-refractivity contribution is 0.174. The first-order valence-electron chi connectivity index (χ1n) is 8.17. The zero-order valence-electron chi connectivity index (χ0n) is 14.6. The van der Waals surface area contributed by atoms with Crippen LogP contribution in [-0.4, -0.2) is 27.6 Å². The zero-order chi connectivity index (χ0) is 18.3. The Hall–Kier alpha value is -3.22. The van der Waals surface area contributed by atoms with Crippen molar-refractivity contribution < 1.29 is 23.7 Å². The van der Waals surface area contributed by atoms with E-state index in [4.69, 9.17) is 35.2 Å². The van der Waals surface area contributed by atoms with E-state index >= 15 is 0 Å². The smallest absolute Gasteiger partial charge is 0.231 e. The standard InChI is InChI=1S/C19H20N2O5/c1-22-14-4-3-11-10(5-15(14)23-2)8-24-19(18(11)21)12-6-16-17(7-13(12)20)26-9-25-16/h3,5-7H,4,8-9,20-21H2,1-2H3. The SMILES string of the molecule is COC1=C(OC)CC=C2C(=C1)COC(c1cc3c(cc1N)OCO3)=C2N. The Labute approximate surface area is 151 Å². The molecule has 2 heterocycles. The van der Waals surface area contributed by atoms with Gasteiger partial charge in [0.25, 0.3) is 0 Å². The fourth-order valence-corrected chi connectivity index (χ4v) is 3.23. The highest BCUT2D eigenvalue weighted by molar-refractivity contribution is 5.80. The molecule has 4 rings (SSSR count). The van der Waals surface area contributed by atoms with Gasteiger partial charge in [-0.1, -0.05) is 6.08 Å². The molecule has 7 nitrogen and oxygen atoms in total. The number of rotatable bonds is 3. The maximum Gasteiger partial charge on any atom is 0.231 e. The summed E-state index contributed by atoms with van der Waals surface area (Å²) >= 11 is 0. The van der Waals surface area contributed by atoms with Crippen LogP contribution in [0.25, 0.3) is 5.76 Å². The molecule has 1 aromatic carbocycles. The predicted molar refractivity (Wildman–Crippen MR) is 95.9 cm³/mol. The van der Waals surface area contributed by atoms with Crippen LogP contribution in [-0.2, 0) is 14.2 Å². The molecule has 0 unspecified atom stereocenters. The van der Waals surface area contributed by atoms with Crippen molar-refractivity contribution in [3.05, 3.63) is 58.2 Å². The first kappa shape index (κ1) is 16.3. The number of methoxy groups -OCH3 is 2. The first-order valence-corrected chi connectivity index (χ1v) is 8.17. The molecule has 3 aliphatic rings. The molecule has 0 aromatic heterocycles. The summed E-state index contributed by atoms with van der Waals surface area (Å²) in [5.74, 6) is 3.17. The molecule has 0 fully saturated rings. The third kappa shape index (κ3) is 2.52. The van der Waals surface area contributed by atoms with E-state index in [9.17, 15) is 0 Å². The van der Waals surface area contributed by atoms with Crippen LogP contribution in [0.15, 0.2) is 52.6 Å². The molecule has 0 saturated carbocycles. The summed E-state index contributed by atoms with van der Waals surface area (Å²) in [5, 5.41) is 0. The molecular weight excluding hydrogens is 336 g/mol. The van der Waals surface area contributed by atoms with Gasteiger partial charge in [0.15, 0.2) is 23.0 Å². The number of benzene rings is 1. The van der Waals surface area contributed by atoms with Gasteiger partial charge in [0.2, 0.25) is 6.79 Å². The molecule has 0 radical (unpaired) electrons. The lowest BCUT2D eigenvalue weighted by Crippen LogP contribution is -2.18. The fraction of sp³-hybridized carbons (Fsp3) is 0.263. The third-order valence-electron chi connectivity index (χ3n) is 4.58. The van der Waals surface area contributed by atoms with E-state index in [1.54, 1.807) is 26.4 Å². The van der Waals surface area contributed by atoms with E-state index in [2.05, 4.69) is 0 Å². The summed E-state index contributed by atoms with van der Waals surface area (Å²) in [4.78, 5) is 0. The fourth-order valence-electron chi connectivity index (χ4n) is 3.23. The molecule has 1 aliphatic carbocycles. The average Bonchev–Trinajstić information content (AvgIpc) is 3.00. The Kier molecular flexibility index (Phi) is 3.91. The van der Waals surface area contributed by atoms with E-state index in [0.29, 0.717) is 53.0 Å². The van der Waals surface area contributed by atoms with Gasteiger partial charge in [-0.05, 0) is 12.1 Å². The van der Waals surface area contributed by atoms with Crippen molar-refractivity contribution in [2.45, 2.75) is 6.42 Å². The average molecular weight is 356 g/mol. The van der Waals surface area contributed by atoms with Gasteiger partial charge in [-0.25, -0.2) is 0 Å². The number of hydrogen-bond donors (Lipinski definition) is 2. The Morgan fingerprint density at radius 1 is 1.00 bits per heavy atom. The molecule has 0 bridgehead atoms. The van der Waals surface area contributed by atoms with Gasteiger partial charge in [-0.2, -0.15) is 0 Å². The van der Waals surface area contributed by atoms with Gasteiger partial charge < -0.3 is 35.2 Å². The molecule has 0 spiro atoms. The summed E-state index contributed by atoms with van der Waals surface area (Å²) in [6, 6.07) is 3.52. The van der Waals surface area contributed by atoms with E-state index < -0.39 is 0 Å². The zero-order valence-corrected chi connectivity index (χ0v) is 14.6. The molecule has 136 valence electrons. The Morgan fingerprint density at radius 2 is 1.77 bits per heavy atom. The van der Waals surface area contributed by atoms with E-state index in [1.165, 1.54) is 0 Å². The van der Waals surface area contributed by atoms with Gasteiger partial charge in [-0.15, -0.1) is 0 Å². The van der Waals surface area contributed by atoms with Crippen LogP contribution in [0.4, 0.5) is 5.69 Å². The minimum absolute atomic E-state index is 0.177. The number of nitrogen functional groups attached to an aromatic ring is 1. The van der Waals surface area contributed by atoms with E-state index in [0.717, 1.165) is 16.9 Å². The lowest BCUT2D eigenvalue weighted by atomic mass is 9.96. The maximum absolute atomic E-state index is 6.44. The number of nitrogens with two attached hydrogens (primary N) is 2. The largest absolute Gasteiger partial charge is 0.497 e. The van der Waals surface area contributed by atoms with Crippen LogP contribution in [0.5, 0.6) is 11.5 Å². The van der Waals surface area contributed by atoms with E-state index in [-0.39, 0.29) is 6.79 Å². The normalized spacial score (nSPS) is 18.5. The van der Waals surface area contributed by atoms with Crippen molar-refractivity contribution >= 4 is 11.4 Å². The second-order valence-corrected chi connectivity index (χ2v) is 6.01. The highest BCUT2D eigenvalue weighted by Crippen LogP contribution is 2.42. The van der Waals surface area contributed by atoms with Crippen LogP contribution >= 0.6 is 0 Å². The van der Waals surface area contributed by atoms with Gasteiger partial charge in [0, 0.05) is 34.9 Å². The molecule has 0 saturated heterocycles. The lowest BCUT2D eigenvalue weighted by Gasteiger charge is -2.24. The van der Waals surface area contributed by atoms with Crippen molar-refractivity contribution in [3.63, 3.8) is 0 Å². The van der Waals surface area contributed by atoms with Crippen LogP contribution in [0.1, 0.15) is 12.0 Å². The first-order chi connectivity index (χ1) is 12.6. The second-order valence-electron chi connectivity index (χ2n) is 6.01. The Morgan fingerprint density at radius 3 is 2.50 bits per heavy atom. The van der Waals surface area contributed by atoms with Gasteiger partial charge in [0.1, 0.15) is 12.4 Å². The highest BCUT2D eigenvalue weighted by Gasteiger charge is 2.27. The molecule has 1 aromatic rings. The van der Waals surface area contributed by atoms with Crippen molar-refractivity contribution in [1.82, 2.24) is 0 Å². The minimum Gasteiger partial charge on any atom is -0.497 e. The van der Waals surface area contributed by atoms with Crippen LogP contribution < -0.4 is 20.9 Å². The van der Waals surface area contributed by atoms with Crippen molar-refractivity contribution in [2.24, 2.45) is 5.73 Å². The Bertz CT molecular complexity index is 895. The van der Waals surface area contributed by atoms with Crippen molar-refractivity contribution in [3.8, 4) is 11.5 Å². The van der Waals surface area contributed by atoms with Gasteiger partial charge >= 0.3 is 0 Å². The van der Waals surface area contributed by atoms with Crippen LogP contribution in [0.3, 0.4) is 0 Å². The number of ether oxygens (including phenoxy) is 5.